The second kappa shape index (κ2) is 5.79. The molecule has 1 aliphatic carbocycles. The number of hydrogen-bond acceptors (Lipinski definition) is 5. The monoisotopic (exact) mass is 406 g/mol. The summed E-state index contributed by atoms with van der Waals surface area (Å²) in [5.74, 6) is -2.41. The molecule has 2 aromatic rings. The first-order valence-electron chi connectivity index (χ1n) is 9.37. The Morgan fingerprint density at radius 2 is 1.96 bits per heavy atom. The third-order valence-electron chi connectivity index (χ3n) is 5.99. The lowest BCUT2D eigenvalue weighted by molar-refractivity contribution is 0.0695. The first kappa shape index (κ1) is 17.7. The Morgan fingerprint density at radius 1 is 1.21 bits per heavy atom. The molecule has 1 saturated carbocycles. The van der Waals surface area contributed by atoms with Crippen LogP contribution in [0.1, 0.15) is 47.6 Å². The van der Waals surface area contributed by atoms with Crippen LogP contribution in [0.25, 0.3) is 10.9 Å². The molecule has 0 bridgehead atoms. The predicted molar refractivity (Wildman–Crippen MR) is 101 cm³/mol. The van der Waals surface area contributed by atoms with E-state index in [9.17, 15) is 23.1 Å². The molecule has 1 aromatic carbocycles. The highest BCUT2D eigenvalue weighted by Gasteiger charge is 2.39. The van der Waals surface area contributed by atoms with Crippen LogP contribution in [0.4, 0.5) is 10.1 Å². The van der Waals surface area contributed by atoms with Gasteiger partial charge in [-0.15, -0.1) is 0 Å². The lowest BCUT2D eigenvalue weighted by atomic mass is 10.0. The number of fused-ring (bicyclic) bond motifs is 5. The number of nitrogens with zero attached hydrogens (tertiary/aromatic N) is 2. The fourth-order valence-corrected chi connectivity index (χ4v) is 6.44. The zero-order chi connectivity index (χ0) is 19.8. The number of aromatic nitrogens is 1. The van der Waals surface area contributed by atoms with Gasteiger partial charge in [0.1, 0.15) is 11.4 Å². The van der Waals surface area contributed by atoms with E-state index in [1.807, 2.05) is 4.90 Å². The second-order valence-corrected chi connectivity index (χ2v) is 10.1. The predicted octanol–water partition coefficient (Wildman–Crippen LogP) is 2.07. The van der Waals surface area contributed by atoms with Gasteiger partial charge in [0.25, 0.3) is 0 Å². The summed E-state index contributed by atoms with van der Waals surface area (Å²) in [7, 11) is -3.50. The van der Waals surface area contributed by atoms with Gasteiger partial charge in [0.05, 0.1) is 22.7 Å². The molecule has 3 heterocycles. The largest absolute Gasteiger partial charge is 0.477 e. The van der Waals surface area contributed by atoms with E-state index >= 15 is 4.39 Å². The summed E-state index contributed by atoms with van der Waals surface area (Å²) in [5.41, 5.74) is -0.284. The minimum Gasteiger partial charge on any atom is -0.477 e. The number of carbonyl (C=O) groups is 1. The molecular weight excluding hydrogens is 387 g/mol. The molecular formula is C19H19FN2O5S. The first-order chi connectivity index (χ1) is 13.3. The number of rotatable bonds is 2. The maximum Gasteiger partial charge on any atom is 0.341 e. The van der Waals surface area contributed by atoms with Gasteiger partial charge in [0.15, 0.2) is 9.84 Å². The van der Waals surface area contributed by atoms with Crippen molar-refractivity contribution < 1.29 is 22.7 Å². The number of carboxylic acids is 1. The van der Waals surface area contributed by atoms with E-state index in [2.05, 4.69) is 0 Å². The molecule has 9 heteroatoms. The van der Waals surface area contributed by atoms with Crippen molar-refractivity contribution >= 4 is 32.4 Å². The Balaban J connectivity index is 1.93. The molecule has 1 atom stereocenters. The summed E-state index contributed by atoms with van der Waals surface area (Å²) in [6, 6.07) is 0.823. The van der Waals surface area contributed by atoms with E-state index in [1.165, 1.54) is 6.20 Å². The van der Waals surface area contributed by atoms with Gasteiger partial charge in [-0.05, 0) is 31.7 Å². The Hall–Kier alpha value is -2.42. The van der Waals surface area contributed by atoms with Crippen molar-refractivity contribution in [1.29, 1.82) is 0 Å². The molecule has 148 valence electrons. The minimum atomic E-state index is -3.50. The van der Waals surface area contributed by atoms with Crippen molar-refractivity contribution in [2.75, 3.05) is 17.2 Å². The quantitative estimate of drug-likeness (QED) is 0.820. The maximum absolute atomic E-state index is 15.2. The van der Waals surface area contributed by atoms with Crippen LogP contribution in [0.2, 0.25) is 0 Å². The average molecular weight is 406 g/mol. The van der Waals surface area contributed by atoms with Crippen molar-refractivity contribution in [3.63, 3.8) is 0 Å². The lowest BCUT2D eigenvalue weighted by Crippen LogP contribution is -2.33. The molecule has 28 heavy (non-hydrogen) atoms. The van der Waals surface area contributed by atoms with Crippen molar-refractivity contribution in [2.45, 2.75) is 43.5 Å². The molecule has 1 saturated heterocycles. The average Bonchev–Trinajstić information content (AvgIpc) is 3.37. The summed E-state index contributed by atoms with van der Waals surface area (Å²) in [4.78, 5) is 26.1. The molecule has 2 aliphatic heterocycles. The Kier molecular flexibility index (Phi) is 3.65. The van der Waals surface area contributed by atoms with E-state index in [0.29, 0.717) is 24.0 Å². The van der Waals surface area contributed by atoms with Crippen molar-refractivity contribution in [3.05, 3.63) is 39.4 Å². The molecule has 0 spiro atoms. The van der Waals surface area contributed by atoms with Gasteiger partial charge < -0.3 is 14.6 Å². The van der Waals surface area contributed by atoms with E-state index in [0.717, 1.165) is 25.3 Å². The van der Waals surface area contributed by atoms with E-state index in [1.54, 1.807) is 4.57 Å². The topological polar surface area (TPSA) is 96.7 Å². The maximum atomic E-state index is 15.2. The van der Waals surface area contributed by atoms with Crippen LogP contribution < -0.4 is 10.3 Å². The summed E-state index contributed by atoms with van der Waals surface area (Å²) >= 11 is 0. The normalized spacial score (nSPS) is 23.3. The minimum absolute atomic E-state index is 0.00362. The Morgan fingerprint density at radius 3 is 2.64 bits per heavy atom. The zero-order valence-electron chi connectivity index (χ0n) is 15.0. The van der Waals surface area contributed by atoms with Crippen molar-refractivity contribution in [3.8, 4) is 0 Å². The van der Waals surface area contributed by atoms with Crippen molar-refractivity contribution in [2.24, 2.45) is 0 Å². The molecule has 1 unspecified atom stereocenters. The highest BCUT2D eigenvalue weighted by atomic mass is 32.2. The van der Waals surface area contributed by atoms with Gasteiger partial charge in [-0.25, -0.2) is 17.6 Å². The molecule has 5 rings (SSSR count). The Labute approximate surface area is 160 Å². The number of anilines is 1. The van der Waals surface area contributed by atoms with Crippen LogP contribution in [0.5, 0.6) is 0 Å². The van der Waals surface area contributed by atoms with Crippen LogP contribution in [0.15, 0.2) is 17.1 Å². The number of carboxylic acid groups (broad SMARTS) is 1. The summed E-state index contributed by atoms with van der Waals surface area (Å²) in [6.45, 7) is 0.566. The molecule has 7 nitrogen and oxygen atoms in total. The summed E-state index contributed by atoms with van der Waals surface area (Å²) in [6.07, 6.45) is 4.38. The van der Waals surface area contributed by atoms with Gasteiger partial charge in [0, 0.05) is 35.8 Å². The van der Waals surface area contributed by atoms with Gasteiger partial charge in [-0.2, -0.15) is 0 Å². The molecule has 1 N–H and O–H groups in total. The standard InChI is InChI=1S/C19H19FN2O5S/c20-15-6-12-16(22(10-3-4-10)7-13(18(12)23)19(24)25)14-9-28(26,27)8-11-2-1-5-21(11)17(14)15/h6-7,10-11H,1-5,8-9H2,(H,24,25). The highest BCUT2D eigenvalue weighted by Crippen LogP contribution is 2.43. The van der Waals surface area contributed by atoms with Gasteiger partial charge in [-0.3, -0.25) is 4.79 Å². The van der Waals surface area contributed by atoms with Crippen LogP contribution in [-0.2, 0) is 15.6 Å². The third kappa shape index (κ3) is 2.56. The summed E-state index contributed by atoms with van der Waals surface area (Å²) in [5, 5.41) is 9.34. The number of aromatic carboxylic acids is 1. The number of sulfone groups is 1. The molecule has 0 radical (unpaired) electrons. The third-order valence-corrected chi connectivity index (χ3v) is 7.61. The van der Waals surface area contributed by atoms with E-state index in [4.69, 9.17) is 0 Å². The fraction of sp³-hybridized carbons (Fsp3) is 0.474. The van der Waals surface area contributed by atoms with Gasteiger partial charge in [0.2, 0.25) is 5.43 Å². The lowest BCUT2D eigenvalue weighted by Gasteiger charge is -2.27. The second-order valence-electron chi connectivity index (χ2n) is 7.94. The number of benzene rings is 1. The number of hydrogen-bond donors (Lipinski definition) is 1. The highest BCUT2D eigenvalue weighted by molar-refractivity contribution is 7.90. The van der Waals surface area contributed by atoms with Crippen LogP contribution in [0, 0.1) is 5.82 Å². The van der Waals surface area contributed by atoms with Crippen LogP contribution in [-0.4, -0.2) is 42.4 Å². The van der Waals surface area contributed by atoms with E-state index in [-0.39, 0.29) is 34.7 Å². The van der Waals surface area contributed by atoms with Crippen LogP contribution in [0.3, 0.4) is 0 Å². The smallest absolute Gasteiger partial charge is 0.341 e. The SMILES string of the molecule is O=C(O)c1cn(C2CC2)c2c3c(c(F)cc2c1=O)N1CCCC1CS(=O)(=O)C3. The fourth-order valence-electron chi connectivity index (χ4n) is 4.67. The molecule has 1 aromatic heterocycles. The first-order valence-corrected chi connectivity index (χ1v) is 11.2. The molecule has 0 amide bonds. The zero-order valence-corrected chi connectivity index (χ0v) is 15.8. The van der Waals surface area contributed by atoms with Gasteiger partial charge in [-0.1, -0.05) is 0 Å². The summed E-state index contributed by atoms with van der Waals surface area (Å²) < 4.78 is 42.4. The van der Waals surface area contributed by atoms with Crippen molar-refractivity contribution in [1.82, 2.24) is 4.57 Å². The number of pyridine rings is 1. The molecule has 2 fully saturated rings. The van der Waals surface area contributed by atoms with Gasteiger partial charge >= 0.3 is 5.97 Å². The van der Waals surface area contributed by atoms with E-state index < -0.39 is 32.6 Å². The van der Waals surface area contributed by atoms with Crippen LogP contribution >= 0.6 is 0 Å². The number of halogens is 1. The Bertz CT molecular complexity index is 1200. The molecule has 3 aliphatic rings.